The number of amides is 2. The second-order valence-corrected chi connectivity index (χ2v) is 12.7. The Hall–Kier alpha value is -3.07. The number of unbranched alkanes of at least 4 members (excludes halogenated alkanes) is 1. The van der Waals surface area contributed by atoms with E-state index in [0.29, 0.717) is 35.5 Å². The molecule has 2 amide bonds. The Kier molecular flexibility index (Phi) is 8.92. The summed E-state index contributed by atoms with van der Waals surface area (Å²) in [5.41, 5.74) is 1.23. The van der Waals surface area contributed by atoms with Crippen LogP contribution >= 0.6 is 23.4 Å². The average molecular weight is 595 g/mol. The summed E-state index contributed by atoms with van der Waals surface area (Å²) in [6.45, 7) is 7.63. The summed E-state index contributed by atoms with van der Waals surface area (Å²) in [6, 6.07) is 14.6. The number of hydrogen-bond donors (Lipinski definition) is 1. The molecule has 3 fully saturated rings. The lowest BCUT2D eigenvalue weighted by Crippen LogP contribution is -2.56. The highest BCUT2D eigenvalue weighted by molar-refractivity contribution is 8.02. The van der Waals surface area contributed by atoms with Gasteiger partial charge in [-0.05, 0) is 43.4 Å². The predicted molar refractivity (Wildman–Crippen MR) is 162 cm³/mol. The van der Waals surface area contributed by atoms with Crippen LogP contribution in [-0.4, -0.2) is 63.6 Å². The maximum Gasteiger partial charge on any atom is 0.310 e. The fourth-order valence-corrected chi connectivity index (χ4v) is 9.18. The first-order valence-corrected chi connectivity index (χ1v) is 15.3. The summed E-state index contributed by atoms with van der Waals surface area (Å²) in [5.74, 6) is -2.40. The van der Waals surface area contributed by atoms with Crippen molar-refractivity contribution in [2.45, 2.75) is 47.8 Å². The molecule has 3 aliphatic rings. The molecule has 0 radical (unpaired) electrons. The zero-order valence-electron chi connectivity index (χ0n) is 22.9. The Balaban J connectivity index is 1.59. The number of aliphatic hydroxyl groups excluding tert-OH is 1. The van der Waals surface area contributed by atoms with Crippen LogP contribution in [0.1, 0.15) is 37.3 Å². The topological polar surface area (TPSA) is 87.2 Å². The molecule has 3 heterocycles. The first-order chi connectivity index (χ1) is 19.9. The number of halogens is 1. The minimum Gasteiger partial charge on any atom is -0.465 e. The number of aliphatic hydroxyl groups is 1. The molecule has 6 atom stereocenters. The normalized spacial score (nSPS) is 26.9. The molecule has 3 saturated heterocycles. The molecule has 216 valence electrons. The van der Waals surface area contributed by atoms with E-state index < -0.39 is 34.6 Å². The third-order valence-corrected chi connectivity index (χ3v) is 10.7. The number of ether oxygens (including phenoxy) is 1. The Morgan fingerprint density at radius 2 is 1.90 bits per heavy atom. The largest absolute Gasteiger partial charge is 0.465 e. The molecule has 2 aromatic rings. The number of likely N-dealkylation sites (tertiary alicyclic amines) is 1. The third kappa shape index (κ3) is 5.11. The predicted octanol–water partition coefficient (Wildman–Crippen LogP) is 5.19. The molecule has 2 aromatic carbocycles. The number of esters is 1. The van der Waals surface area contributed by atoms with Crippen LogP contribution in [0.15, 0.2) is 79.9 Å². The zero-order valence-corrected chi connectivity index (χ0v) is 24.4. The molecule has 3 aliphatic heterocycles. The quantitative estimate of drug-likeness (QED) is 0.207. The average Bonchev–Trinajstić information content (AvgIpc) is 3.63. The van der Waals surface area contributed by atoms with E-state index in [9.17, 15) is 19.5 Å². The summed E-state index contributed by atoms with van der Waals surface area (Å²) in [6.07, 6.45) is 6.08. The monoisotopic (exact) mass is 594 g/mol. The van der Waals surface area contributed by atoms with Gasteiger partial charge in [0.2, 0.25) is 5.91 Å². The fraction of sp³-hybridized carbons (Fsp3) is 0.406. The van der Waals surface area contributed by atoms with Crippen LogP contribution in [0.2, 0.25) is 5.02 Å². The molecule has 41 heavy (non-hydrogen) atoms. The molecule has 5 rings (SSSR count). The number of thioether (sulfide) groups is 1. The summed E-state index contributed by atoms with van der Waals surface area (Å²) < 4.78 is 4.82. The van der Waals surface area contributed by atoms with E-state index in [4.69, 9.17) is 16.3 Å². The first-order valence-electron chi connectivity index (χ1n) is 14.0. The SMILES string of the molecule is C=CCCCOC(=O)[C@@H]1[C@@H]2CCC3(S2)C(C(=O)N(CC=C)c2ccccc2Cl)N([C@H](CO)c2ccccc2)C(=O)[C@H]13. The molecule has 1 N–H and O–H groups in total. The molecule has 9 heteroatoms. The van der Waals surface area contributed by atoms with Crippen molar-refractivity contribution in [2.24, 2.45) is 11.8 Å². The molecular formula is C32H35ClN2O5S. The van der Waals surface area contributed by atoms with Crippen LogP contribution in [0.4, 0.5) is 5.69 Å². The van der Waals surface area contributed by atoms with Gasteiger partial charge in [-0.25, -0.2) is 0 Å². The molecule has 7 nitrogen and oxygen atoms in total. The number of carbonyl (C=O) groups excluding carboxylic acids is 3. The summed E-state index contributed by atoms with van der Waals surface area (Å²) in [4.78, 5) is 45.8. The molecule has 2 unspecified atom stereocenters. The molecule has 2 bridgehead atoms. The van der Waals surface area contributed by atoms with E-state index in [1.165, 1.54) is 0 Å². The minimum absolute atomic E-state index is 0.120. The number of anilines is 1. The van der Waals surface area contributed by atoms with Crippen LogP contribution in [0, 0.1) is 11.8 Å². The highest BCUT2D eigenvalue weighted by Gasteiger charge is 2.75. The summed E-state index contributed by atoms with van der Waals surface area (Å²) >= 11 is 8.12. The highest BCUT2D eigenvalue weighted by Crippen LogP contribution is 2.67. The number of hydrogen-bond acceptors (Lipinski definition) is 6. The van der Waals surface area contributed by atoms with Gasteiger partial charge in [-0.2, -0.15) is 0 Å². The van der Waals surface area contributed by atoms with Crippen molar-refractivity contribution in [1.29, 1.82) is 0 Å². The lowest BCUT2D eigenvalue weighted by Gasteiger charge is -2.39. The number of rotatable bonds is 12. The number of fused-ring (bicyclic) bond motifs is 1. The fourth-order valence-electron chi connectivity index (χ4n) is 6.75. The minimum atomic E-state index is -0.929. The van der Waals surface area contributed by atoms with Crippen molar-refractivity contribution in [3.8, 4) is 0 Å². The van der Waals surface area contributed by atoms with Crippen molar-refractivity contribution in [1.82, 2.24) is 4.90 Å². The Bertz CT molecular complexity index is 1320. The second kappa shape index (κ2) is 12.4. The smallest absolute Gasteiger partial charge is 0.310 e. The van der Waals surface area contributed by atoms with Gasteiger partial charge in [-0.1, -0.05) is 66.2 Å². The maximum atomic E-state index is 14.7. The van der Waals surface area contributed by atoms with Gasteiger partial charge in [0.15, 0.2) is 0 Å². The summed E-state index contributed by atoms with van der Waals surface area (Å²) in [5, 5.41) is 11.0. The van der Waals surface area contributed by atoms with Crippen molar-refractivity contribution < 1.29 is 24.2 Å². The Morgan fingerprint density at radius 3 is 2.59 bits per heavy atom. The van der Waals surface area contributed by atoms with Crippen molar-refractivity contribution in [3.63, 3.8) is 0 Å². The Morgan fingerprint density at radius 1 is 1.17 bits per heavy atom. The third-order valence-electron chi connectivity index (χ3n) is 8.46. The number of para-hydroxylation sites is 1. The standard InChI is InChI=1S/C32H35ClN2O5S/c1-3-5-11-19-40-31(39)26-25-16-17-32(41-25)27(26)29(37)35(24(20-36)21-12-7-6-8-13-21)28(32)30(38)34(18-4-2)23-15-10-9-14-22(23)33/h3-4,6-10,12-15,24-28,36H,1-2,5,11,16-20H2/t24-,25+,26-,27+,28?,32?/m1/s1. The summed E-state index contributed by atoms with van der Waals surface area (Å²) in [7, 11) is 0. The van der Waals surface area contributed by atoms with Gasteiger partial charge in [-0.3, -0.25) is 14.4 Å². The van der Waals surface area contributed by atoms with Crippen LogP contribution in [0.5, 0.6) is 0 Å². The number of carbonyl (C=O) groups is 3. The first kappa shape index (κ1) is 29.4. The van der Waals surface area contributed by atoms with Crippen molar-refractivity contribution in [3.05, 3.63) is 90.5 Å². The lowest BCUT2D eigenvalue weighted by molar-refractivity contribution is -0.154. The van der Waals surface area contributed by atoms with E-state index in [2.05, 4.69) is 13.2 Å². The van der Waals surface area contributed by atoms with Gasteiger partial charge in [0.25, 0.3) is 5.91 Å². The van der Waals surface area contributed by atoms with Crippen molar-refractivity contribution >= 4 is 46.8 Å². The van der Waals surface area contributed by atoms with Gasteiger partial charge in [0.1, 0.15) is 6.04 Å². The van der Waals surface area contributed by atoms with Crippen LogP contribution in [-0.2, 0) is 19.1 Å². The molecule has 0 saturated carbocycles. The number of benzene rings is 2. The van der Waals surface area contributed by atoms with E-state index >= 15 is 0 Å². The van der Waals surface area contributed by atoms with Gasteiger partial charge < -0.3 is 19.6 Å². The van der Waals surface area contributed by atoms with Crippen LogP contribution in [0.3, 0.4) is 0 Å². The zero-order chi connectivity index (χ0) is 29.1. The van der Waals surface area contributed by atoms with Crippen molar-refractivity contribution in [2.75, 3.05) is 24.7 Å². The van der Waals surface area contributed by atoms with E-state index in [0.717, 1.165) is 6.42 Å². The van der Waals surface area contributed by atoms with E-state index in [-0.39, 0.29) is 36.8 Å². The molecule has 0 aromatic heterocycles. The molecule has 0 aliphatic carbocycles. The van der Waals surface area contributed by atoms with E-state index in [1.54, 1.807) is 58.0 Å². The molecule has 1 spiro atoms. The second-order valence-electron chi connectivity index (χ2n) is 10.7. The van der Waals surface area contributed by atoms with Gasteiger partial charge in [-0.15, -0.1) is 24.9 Å². The number of nitrogens with zero attached hydrogens (tertiary/aromatic N) is 2. The maximum absolute atomic E-state index is 14.7. The van der Waals surface area contributed by atoms with Crippen LogP contribution in [0.25, 0.3) is 0 Å². The lowest BCUT2D eigenvalue weighted by atomic mass is 9.71. The van der Waals surface area contributed by atoms with Gasteiger partial charge in [0, 0.05) is 11.8 Å². The van der Waals surface area contributed by atoms with E-state index in [1.807, 2.05) is 30.3 Å². The van der Waals surface area contributed by atoms with Gasteiger partial charge in [0.05, 0.1) is 46.5 Å². The number of allylic oxidation sites excluding steroid dienone is 1. The Labute approximate surface area is 250 Å². The van der Waals surface area contributed by atoms with Crippen LogP contribution < -0.4 is 4.90 Å². The highest BCUT2D eigenvalue weighted by atomic mass is 35.5. The van der Waals surface area contributed by atoms with Gasteiger partial charge >= 0.3 is 5.97 Å². The molecular weight excluding hydrogens is 560 g/mol.